The van der Waals surface area contributed by atoms with Crippen LogP contribution < -0.4 is 14.8 Å². The molecule has 1 aromatic heterocycles. The largest absolute Gasteiger partial charge is 0.496 e. The van der Waals surface area contributed by atoms with Crippen LogP contribution in [-0.4, -0.2) is 25.0 Å². The first kappa shape index (κ1) is 18.0. The van der Waals surface area contributed by atoms with Crippen molar-refractivity contribution in [2.45, 2.75) is 0 Å². The highest BCUT2D eigenvalue weighted by Gasteiger charge is 2.14. The van der Waals surface area contributed by atoms with Crippen molar-refractivity contribution in [3.8, 4) is 11.5 Å². The second kappa shape index (κ2) is 8.10. The van der Waals surface area contributed by atoms with E-state index in [1.54, 1.807) is 25.6 Å². The lowest BCUT2D eigenvalue weighted by molar-refractivity contribution is 0.413. The molecular formula is C22H19N3O2S. The van der Waals surface area contributed by atoms with Crippen LogP contribution >= 0.6 is 11.3 Å². The van der Waals surface area contributed by atoms with Crippen molar-refractivity contribution in [2.24, 2.45) is 4.99 Å². The van der Waals surface area contributed by atoms with Gasteiger partial charge in [0.1, 0.15) is 17.3 Å². The zero-order valence-electron chi connectivity index (χ0n) is 15.5. The molecule has 1 heterocycles. The number of rotatable bonds is 5. The summed E-state index contributed by atoms with van der Waals surface area (Å²) in [7, 11) is 3.30. The van der Waals surface area contributed by atoms with Crippen LogP contribution in [0.5, 0.6) is 11.5 Å². The Hall–Kier alpha value is -3.38. The number of benzene rings is 3. The summed E-state index contributed by atoms with van der Waals surface area (Å²) < 4.78 is 12.1. The molecule has 0 saturated heterocycles. The Morgan fingerprint density at radius 1 is 0.857 bits per heavy atom. The monoisotopic (exact) mass is 389 g/mol. The van der Waals surface area contributed by atoms with E-state index >= 15 is 0 Å². The summed E-state index contributed by atoms with van der Waals surface area (Å²) in [6, 6.07) is 23.5. The Labute approximate surface area is 167 Å². The quantitative estimate of drug-likeness (QED) is 0.361. The first-order chi connectivity index (χ1) is 13.8. The van der Waals surface area contributed by atoms with Crippen molar-refractivity contribution >= 4 is 38.2 Å². The van der Waals surface area contributed by atoms with Gasteiger partial charge in [-0.05, 0) is 36.4 Å². The molecule has 140 valence electrons. The number of aliphatic imine (C=N–C) groups is 1. The molecule has 0 bridgehead atoms. The number of amidine groups is 1. The summed E-state index contributed by atoms with van der Waals surface area (Å²) in [6.07, 6.45) is 0. The Bertz CT molecular complexity index is 1100. The molecule has 0 aliphatic rings. The van der Waals surface area contributed by atoms with E-state index in [1.807, 2.05) is 72.8 Å². The van der Waals surface area contributed by atoms with Crippen LogP contribution in [0.1, 0.15) is 5.56 Å². The van der Waals surface area contributed by atoms with Gasteiger partial charge < -0.3 is 14.8 Å². The van der Waals surface area contributed by atoms with Crippen molar-refractivity contribution in [3.63, 3.8) is 0 Å². The van der Waals surface area contributed by atoms with Crippen molar-refractivity contribution in [1.29, 1.82) is 0 Å². The van der Waals surface area contributed by atoms with Crippen LogP contribution in [0.2, 0.25) is 0 Å². The number of nitrogens with zero attached hydrogens (tertiary/aromatic N) is 2. The van der Waals surface area contributed by atoms with E-state index in [0.717, 1.165) is 33.0 Å². The van der Waals surface area contributed by atoms with Gasteiger partial charge in [-0.1, -0.05) is 47.7 Å². The average molecular weight is 389 g/mol. The maximum absolute atomic E-state index is 5.55. The number of anilines is 1. The third kappa shape index (κ3) is 3.68. The normalized spacial score (nSPS) is 11.4. The van der Waals surface area contributed by atoms with Gasteiger partial charge in [0.05, 0.1) is 35.7 Å². The Morgan fingerprint density at radius 2 is 1.54 bits per heavy atom. The third-order valence-corrected chi connectivity index (χ3v) is 5.14. The van der Waals surface area contributed by atoms with E-state index in [0.29, 0.717) is 11.0 Å². The molecular weight excluding hydrogens is 370 g/mol. The van der Waals surface area contributed by atoms with Crippen molar-refractivity contribution < 1.29 is 9.47 Å². The minimum Gasteiger partial charge on any atom is -0.496 e. The standard InChI is InChI=1S/C22H19N3O2S/c1-26-18-12-6-3-9-15(18)21(23-16-10-4-7-13-19(16)27-2)25-22-24-17-11-5-8-14-20(17)28-22/h3-14H,1-2H3,(H,23,24,25). The van der Waals surface area contributed by atoms with E-state index in [2.05, 4.69) is 10.3 Å². The Morgan fingerprint density at radius 3 is 2.32 bits per heavy atom. The number of thiazole rings is 1. The lowest BCUT2D eigenvalue weighted by atomic mass is 10.1. The predicted octanol–water partition coefficient (Wildman–Crippen LogP) is 5.50. The van der Waals surface area contributed by atoms with Crippen molar-refractivity contribution in [2.75, 3.05) is 19.5 Å². The van der Waals surface area contributed by atoms with Crippen molar-refractivity contribution in [3.05, 3.63) is 78.4 Å². The molecule has 0 fully saturated rings. The minimum absolute atomic E-state index is 0.640. The second-order valence-corrected chi connectivity index (χ2v) is 6.96. The van der Waals surface area contributed by atoms with Gasteiger partial charge in [-0.3, -0.25) is 0 Å². The average Bonchev–Trinajstić information content (AvgIpc) is 3.16. The number of hydrogen-bond acceptors (Lipinski definition) is 5. The van der Waals surface area contributed by atoms with E-state index in [4.69, 9.17) is 14.5 Å². The topological polar surface area (TPSA) is 55.7 Å². The van der Waals surface area contributed by atoms with E-state index in [9.17, 15) is 0 Å². The van der Waals surface area contributed by atoms with Crippen LogP contribution in [0, 0.1) is 0 Å². The fraction of sp³-hybridized carbons (Fsp3) is 0.0909. The summed E-state index contributed by atoms with van der Waals surface area (Å²) in [5, 5.41) is 4.06. The second-order valence-electron chi connectivity index (χ2n) is 5.95. The lowest BCUT2D eigenvalue weighted by Crippen LogP contribution is -2.15. The number of aromatic nitrogens is 1. The minimum atomic E-state index is 0.640. The van der Waals surface area contributed by atoms with Gasteiger partial charge in [-0.15, -0.1) is 0 Å². The molecule has 5 nitrogen and oxygen atoms in total. The van der Waals surface area contributed by atoms with E-state index in [-0.39, 0.29) is 0 Å². The summed E-state index contributed by atoms with van der Waals surface area (Å²) in [6.45, 7) is 0. The summed E-state index contributed by atoms with van der Waals surface area (Å²) in [4.78, 5) is 9.46. The fourth-order valence-corrected chi connectivity index (χ4v) is 3.72. The van der Waals surface area contributed by atoms with E-state index < -0.39 is 0 Å². The molecule has 0 atom stereocenters. The van der Waals surface area contributed by atoms with E-state index in [1.165, 1.54) is 0 Å². The highest BCUT2D eigenvalue weighted by molar-refractivity contribution is 7.22. The van der Waals surface area contributed by atoms with Crippen molar-refractivity contribution in [1.82, 2.24) is 4.98 Å². The van der Waals surface area contributed by atoms with Crippen LogP contribution in [0.25, 0.3) is 10.2 Å². The smallest absolute Gasteiger partial charge is 0.212 e. The predicted molar refractivity (Wildman–Crippen MR) is 115 cm³/mol. The van der Waals surface area contributed by atoms with Crippen LogP contribution in [0.3, 0.4) is 0 Å². The highest BCUT2D eigenvalue weighted by atomic mass is 32.1. The number of fused-ring (bicyclic) bond motifs is 1. The SMILES string of the molecule is COc1ccccc1N/C(=N\c1nc2ccccc2s1)c1ccccc1OC. The molecule has 6 heteroatoms. The summed E-state index contributed by atoms with van der Waals surface area (Å²) in [5.74, 6) is 2.10. The zero-order valence-corrected chi connectivity index (χ0v) is 16.4. The molecule has 28 heavy (non-hydrogen) atoms. The summed E-state index contributed by atoms with van der Waals surface area (Å²) >= 11 is 1.54. The molecule has 0 aliphatic carbocycles. The summed E-state index contributed by atoms with van der Waals surface area (Å²) in [5.41, 5.74) is 2.59. The Kier molecular flexibility index (Phi) is 5.21. The maximum Gasteiger partial charge on any atom is 0.212 e. The molecule has 0 amide bonds. The number of ether oxygens (including phenoxy) is 2. The molecule has 0 radical (unpaired) electrons. The molecule has 1 N–H and O–H groups in total. The molecule has 0 aliphatic heterocycles. The maximum atomic E-state index is 5.55. The zero-order chi connectivity index (χ0) is 19.3. The number of para-hydroxylation sites is 4. The lowest BCUT2D eigenvalue weighted by Gasteiger charge is -2.15. The van der Waals surface area contributed by atoms with Crippen LogP contribution in [0.15, 0.2) is 77.8 Å². The fourth-order valence-electron chi connectivity index (χ4n) is 2.87. The molecule has 4 rings (SSSR count). The van der Waals surface area contributed by atoms with Gasteiger partial charge in [0.2, 0.25) is 5.13 Å². The molecule has 0 unspecified atom stereocenters. The molecule has 3 aromatic carbocycles. The first-order valence-corrected chi connectivity index (χ1v) is 9.58. The molecule has 4 aromatic rings. The highest BCUT2D eigenvalue weighted by Crippen LogP contribution is 2.31. The number of methoxy groups -OCH3 is 2. The molecule has 0 saturated carbocycles. The van der Waals surface area contributed by atoms with Gasteiger partial charge in [0.15, 0.2) is 0 Å². The van der Waals surface area contributed by atoms with Gasteiger partial charge >= 0.3 is 0 Å². The van der Waals surface area contributed by atoms with Gasteiger partial charge in [-0.2, -0.15) is 0 Å². The van der Waals surface area contributed by atoms with Crippen LogP contribution in [0.4, 0.5) is 10.8 Å². The van der Waals surface area contributed by atoms with Gasteiger partial charge in [0.25, 0.3) is 0 Å². The third-order valence-electron chi connectivity index (χ3n) is 4.21. The van der Waals surface area contributed by atoms with Crippen LogP contribution in [-0.2, 0) is 0 Å². The van der Waals surface area contributed by atoms with Gasteiger partial charge in [-0.25, -0.2) is 9.98 Å². The first-order valence-electron chi connectivity index (χ1n) is 8.76. The molecule has 0 spiro atoms. The number of hydrogen-bond donors (Lipinski definition) is 1. The number of nitrogens with one attached hydrogen (secondary N) is 1. The Balaban J connectivity index is 1.83. The van der Waals surface area contributed by atoms with Gasteiger partial charge in [0, 0.05) is 0 Å².